The Morgan fingerprint density at radius 1 is 1.27 bits per heavy atom. The normalized spacial score (nSPS) is 39.9. The maximum absolute atomic E-state index is 12.5. The van der Waals surface area contributed by atoms with Crippen LogP contribution in [0.15, 0.2) is 12.1 Å². The molecule has 1 spiro atoms. The van der Waals surface area contributed by atoms with Crippen LogP contribution in [0, 0.1) is 0 Å². The Kier molecular flexibility index (Phi) is 6.32. The van der Waals surface area contributed by atoms with Gasteiger partial charge in [-0.2, -0.15) is 13.2 Å². The van der Waals surface area contributed by atoms with Crippen LogP contribution in [-0.2, 0) is 31.4 Å². The standard InChI is InChI=1S/C23H31NO5.CHF3O3S/c1-24(13-15-4-3-11-28-15)10-9-22-19-14-5-6-16(25)20(19)29-21(22)17(27-2)7-8-23(22,26)18(24)12-14;2-1(3,4)8(5,6)7/h5-6,15,17-18,21,26H,3-4,7-13H2,1-2H3;(H,5,6,7)/t15?,17-,18+,21-,22-,23+,24?;/m0./s1. The number of phenolic OH excluding ortho intramolecular Hbond substituents is 1. The maximum Gasteiger partial charge on any atom is 0.485 e. The minimum absolute atomic E-state index is 0.0660. The van der Waals surface area contributed by atoms with Crippen molar-refractivity contribution in [1.82, 2.24) is 0 Å². The number of phenols is 1. The molecule has 2 unspecified atom stereocenters. The van der Waals surface area contributed by atoms with Crippen molar-refractivity contribution in [2.75, 3.05) is 33.9 Å². The first-order chi connectivity index (χ1) is 17.2. The first-order valence-electron chi connectivity index (χ1n) is 12.4. The molecule has 13 heteroatoms. The van der Waals surface area contributed by atoms with Crippen molar-refractivity contribution < 1.29 is 55.0 Å². The van der Waals surface area contributed by atoms with Gasteiger partial charge in [-0.05, 0) is 37.3 Å². The number of hydrogen-bond acceptors (Lipinski definition) is 8. The second-order valence-electron chi connectivity index (χ2n) is 11.1. The van der Waals surface area contributed by atoms with Gasteiger partial charge >= 0.3 is 5.51 Å². The molecular weight excluding hydrogens is 519 g/mol. The number of likely N-dealkylation sites (tertiary alicyclic amines) is 1. The predicted octanol–water partition coefficient (Wildman–Crippen LogP) is 1.94. The van der Waals surface area contributed by atoms with Gasteiger partial charge in [-0.3, -0.25) is 0 Å². The molecule has 7 atom stereocenters. The molecule has 0 amide bonds. The van der Waals surface area contributed by atoms with Crippen LogP contribution in [0.2, 0.25) is 0 Å². The number of rotatable bonds is 3. The largest absolute Gasteiger partial charge is 0.741 e. The highest BCUT2D eigenvalue weighted by atomic mass is 32.2. The molecule has 2 bridgehead atoms. The van der Waals surface area contributed by atoms with Crippen molar-refractivity contribution in [3.63, 3.8) is 0 Å². The summed E-state index contributed by atoms with van der Waals surface area (Å²) in [5.41, 5.74) is -4.71. The minimum atomic E-state index is -6.09. The third-order valence-corrected chi connectivity index (χ3v) is 9.85. The zero-order valence-electron chi connectivity index (χ0n) is 20.7. The van der Waals surface area contributed by atoms with E-state index >= 15 is 0 Å². The van der Waals surface area contributed by atoms with Crippen molar-refractivity contribution >= 4 is 10.1 Å². The number of ether oxygens (including phenoxy) is 3. The summed E-state index contributed by atoms with van der Waals surface area (Å²) >= 11 is 0. The molecule has 3 fully saturated rings. The summed E-state index contributed by atoms with van der Waals surface area (Å²) < 4.78 is 78.0. The highest BCUT2D eigenvalue weighted by Crippen LogP contribution is 2.66. The van der Waals surface area contributed by atoms with Crippen LogP contribution >= 0.6 is 0 Å². The van der Waals surface area contributed by atoms with Crippen LogP contribution < -0.4 is 4.74 Å². The highest BCUT2D eigenvalue weighted by Gasteiger charge is 2.76. The van der Waals surface area contributed by atoms with Crippen LogP contribution in [0.3, 0.4) is 0 Å². The lowest BCUT2D eigenvalue weighted by atomic mass is 9.48. The number of aromatic hydroxyl groups is 1. The number of piperidine rings is 1. The quantitative estimate of drug-likeness (QED) is 0.332. The number of hydrogen-bond donors (Lipinski definition) is 2. The SMILES string of the molecule is CO[C@H]1CC[C@@]2(O)[C@H]3Cc4ccc(O)c5c4[C@@]2(CC[N+]3(C)CC2CCCO2)[C@H]1O5.O=S(=O)([O-])C(F)(F)F. The average molecular weight is 552 g/mol. The van der Waals surface area contributed by atoms with Crippen LogP contribution in [-0.4, -0.2) is 97.0 Å². The van der Waals surface area contributed by atoms with Crippen molar-refractivity contribution in [2.45, 2.75) is 79.4 Å². The van der Waals surface area contributed by atoms with Crippen molar-refractivity contribution in [1.29, 1.82) is 0 Å². The molecular formula is C24H32F3NO8S. The molecule has 208 valence electrons. The van der Waals surface area contributed by atoms with E-state index in [1.807, 2.05) is 6.07 Å². The van der Waals surface area contributed by atoms with Gasteiger partial charge in [0.2, 0.25) is 0 Å². The summed E-state index contributed by atoms with van der Waals surface area (Å²) in [5.74, 6) is 0.772. The van der Waals surface area contributed by atoms with Gasteiger partial charge in [0.05, 0.1) is 25.1 Å². The first-order valence-corrected chi connectivity index (χ1v) is 13.8. The first kappa shape index (κ1) is 26.9. The minimum Gasteiger partial charge on any atom is -0.741 e. The lowest BCUT2D eigenvalue weighted by molar-refractivity contribution is -0.951. The van der Waals surface area contributed by atoms with E-state index in [9.17, 15) is 23.4 Å². The summed E-state index contributed by atoms with van der Waals surface area (Å²) in [6.07, 6.45) is 5.40. The number of benzene rings is 1. The number of aliphatic hydroxyl groups is 1. The van der Waals surface area contributed by atoms with Gasteiger partial charge in [-0.25, -0.2) is 8.42 Å². The molecule has 2 aliphatic carbocycles. The van der Waals surface area contributed by atoms with E-state index in [4.69, 9.17) is 27.2 Å². The molecule has 3 aliphatic heterocycles. The Bertz CT molecular complexity index is 1170. The second-order valence-corrected chi connectivity index (χ2v) is 12.5. The molecule has 2 saturated heterocycles. The molecule has 3 heterocycles. The van der Waals surface area contributed by atoms with Gasteiger partial charge in [0.1, 0.15) is 30.4 Å². The fraction of sp³-hybridized carbons (Fsp3) is 0.750. The molecule has 1 aromatic rings. The summed E-state index contributed by atoms with van der Waals surface area (Å²) in [7, 11) is -2.04. The maximum atomic E-state index is 12.5. The molecule has 1 saturated carbocycles. The highest BCUT2D eigenvalue weighted by molar-refractivity contribution is 7.86. The number of alkyl halides is 3. The summed E-state index contributed by atoms with van der Waals surface area (Å²) in [6, 6.07) is 3.91. The van der Waals surface area contributed by atoms with Crippen molar-refractivity contribution in [2.24, 2.45) is 0 Å². The lowest BCUT2D eigenvalue weighted by Crippen LogP contribution is -2.81. The van der Waals surface area contributed by atoms with Crippen LogP contribution in [0.1, 0.15) is 43.2 Å². The van der Waals surface area contributed by atoms with Gasteiger partial charge in [-0.15, -0.1) is 0 Å². The van der Waals surface area contributed by atoms with E-state index in [2.05, 4.69) is 7.05 Å². The van der Waals surface area contributed by atoms with E-state index in [0.717, 1.165) is 61.8 Å². The third kappa shape index (κ3) is 3.88. The monoisotopic (exact) mass is 551 g/mol. The Morgan fingerprint density at radius 2 is 1.97 bits per heavy atom. The molecule has 6 rings (SSSR count). The predicted molar refractivity (Wildman–Crippen MR) is 122 cm³/mol. The molecule has 9 nitrogen and oxygen atoms in total. The fourth-order valence-electron chi connectivity index (χ4n) is 7.72. The summed E-state index contributed by atoms with van der Waals surface area (Å²) in [4.78, 5) is 0. The molecule has 0 aromatic heterocycles. The van der Waals surface area contributed by atoms with E-state index in [-0.39, 0.29) is 24.0 Å². The van der Waals surface area contributed by atoms with Gasteiger partial charge in [0.15, 0.2) is 21.6 Å². The van der Waals surface area contributed by atoms with Gasteiger partial charge in [0.25, 0.3) is 0 Å². The molecule has 2 N–H and O–H groups in total. The Morgan fingerprint density at radius 3 is 2.57 bits per heavy atom. The number of quaternary nitrogens is 1. The van der Waals surface area contributed by atoms with E-state index in [1.165, 1.54) is 5.56 Å². The topological polar surface area (TPSA) is 125 Å². The molecule has 1 aromatic carbocycles. The van der Waals surface area contributed by atoms with Gasteiger partial charge in [0, 0.05) is 32.1 Å². The van der Waals surface area contributed by atoms with Crippen LogP contribution in [0.4, 0.5) is 13.2 Å². The Hall–Kier alpha value is -1.64. The average Bonchev–Trinajstić information content (AvgIpc) is 3.43. The second kappa shape index (κ2) is 8.68. The molecule has 37 heavy (non-hydrogen) atoms. The Labute approximate surface area is 213 Å². The third-order valence-electron chi connectivity index (χ3n) is 9.28. The zero-order chi connectivity index (χ0) is 27.0. The number of halogens is 3. The number of likely N-dealkylation sites (N-methyl/N-ethyl adjacent to an activating group) is 1. The fourth-order valence-corrected chi connectivity index (χ4v) is 7.72. The lowest BCUT2D eigenvalue weighted by Gasteiger charge is -2.65. The number of nitrogens with zero attached hydrogens (tertiary/aromatic N) is 1. The van der Waals surface area contributed by atoms with Crippen molar-refractivity contribution in [3.05, 3.63) is 23.3 Å². The van der Waals surface area contributed by atoms with Crippen LogP contribution in [0.5, 0.6) is 11.5 Å². The smallest absolute Gasteiger partial charge is 0.485 e. The van der Waals surface area contributed by atoms with E-state index < -0.39 is 26.6 Å². The van der Waals surface area contributed by atoms with Gasteiger partial charge in [-0.1, -0.05) is 6.07 Å². The zero-order valence-corrected chi connectivity index (χ0v) is 21.5. The van der Waals surface area contributed by atoms with Gasteiger partial charge < -0.3 is 33.5 Å². The Balaban J connectivity index is 0.000000307. The molecule has 5 aliphatic rings. The van der Waals surface area contributed by atoms with E-state index in [1.54, 1.807) is 13.2 Å². The molecule has 0 radical (unpaired) electrons. The summed E-state index contributed by atoms with van der Waals surface area (Å²) in [6.45, 7) is 2.81. The van der Waals surface area contributed by atoms with Crippen molar-refractivity contribution in [3.8, 4) is 11.5 Å². The number of methoxy groups -OCH3 is 1. The van der Waals surface area contributed by atoms with E-state index in [0.29, 0.717) is 18.3 Å². The van der Waals surface area contributed by atoms with Crippen LogP contribution in [0.25, 0.3) is 0 Å². The summed E-state index contributed by atoms with van der Waals surface area (Å²) in [5, 5.41) is 23.0.